The first-order valence-corrected chi connectivity index (χ1v) is 17.2. The van der Waals surface area contributed by atoms with Gasteiger partial charge in [-0.25, -0.2) is 0 Å². The average Bonchev–Trinajstić information content (AvgIpc) is 3.52. The second-order valence-electron chi connectivity index (χ2n) is 13.0. The minimum absolute atomic E-state index is 1.10. The van der Waals surface area contributed by atoms with Crippen molar-refractivity contribution in [2.45, 2.75) is 0 Å². The van der Waals surface area contributed by atoms with Gasteiger partial charge in [-0.1, -0.05) is 146 Å². The Balaban J connectivity index is 1.33. The van der Waals surface area contributed by atoms with E-state index in [-0.39, 0.29) is 0 Å². The van der Waals surface area contributed by atoms with Crippen LogP contribution in [0.1, 0.15) is 0 Å². The van der Waals surface area contributed by atoms with Crippen molar-refractivity contribution in [1.29, 1.82) is 0 Å². The summed E-state index contributed by atoms with van der Waals surface area (Å²) in [5, 5.41) is 9.93. The Bertz CT molecular complexity index is 2870. The van der Waals surface area contributed by atoms with E-state index in [1.165, 1.54) is 65.3 Å². The number of fused-ring (bicyclic) bond motifs is 8. The summed E-state index contributed by atoms with van der Waals surface area (Å²) in [6.45, 7) is 0. The Morgan fingerprint density at radius 1 is 0.340 bits per heavy atom. The van der Waals surface area contributed by atoms with Gasteiger partial charge in [-0.2, -0.15) is 0 Å². The molecule has 0 saturated carbocycles. The van der Waals surface area contributed by atoms with Crippen LogP contribution < -0.4 is 4.90 Å². The molecule has 0 radical (unpaired) electrons. The molecule has 2 heteroatoms. The molecule has 1 heterocycles. The largest absolute Gasteiger partial charge is 0.310 e. The van der Waals surface area contributed by atoms with Gasteiger partial charge in [-0.15, -0.1) is 0 Å². The third kappa shape index (κ3) is 4.50. The fraction of sp³-hybridized carbons (Fsp3) is 0. The first-order valence-electron chi connectivity index (χ1n) is 17.2. The van der Waals surface area contributed by atoms with Crippen molar-refractivity contribution < 1.29 is 0 Å². The minimum Gasteiger partial charge on any atom is -0.310 e. The third-order valence-corrected chi connectivity index (χ3v) is 10.1. The number of anilines is 3. The summed E-state index contributed by atoms with van der Waals surface area (Å²) in [6, 6.07) is 70.6. The van der Waals surface area contributed by atoms with Gasteiger partial charge in [0.15, 0.2) is 0 Å². The van der Waals surface area contributed by atoms with Crippen LogP contribution in [0.4, 0.5) is 17.1 Å². The summed E-state index contributed by atoms with van der Waals surface area (Å²) < 4.78 is 2.40. The Labute approximate surface area is 290 Å². The van der Waals surface area contributed by atoms with Gasteiger partial charge in [0.1, 0.15) is 0 Å². The zero-order valence-corrected chi connectivity index (χ0v) is 27.4. The van der Waals surface area contributed by atoms with Crippen LogP contribution in [0.3, 0.4) is 0 Å². The summed E-state index contributed by atoms with van der Waals surface area (Å²) in [5.74, 6) is 0. The predicted molar refractivity (Wildman–Crippen MR) is 213 cm³/mol. The second-order valence-corrected chi connectivity index (χ2v) is 13.0. The molecule has 50 heavy (non-hydrogen) atoms. The smallest absolute Gasteiger partial charge is 0.0561 e. The summed E-state index contributed by atoms with van der Waals surface area (Å²) >= 11 is 0. The average molecular weight is 637 g/mol. The number of rotatable bonds is 5. The van der Waals surface area contributed by atoms with Crippen molar-refractivity contribution in [3.63, 3.8) is 0 Å². The van der Waals surface area contributed by atoms with Crippen molar-refractivity contribution in [1.82, 2.24) is 4.57 Å². The molecule has 0 aliphatic carbocycles. The van der Waals surface area contributed by atoms with E-state index in [2.05, 4.69) is 204 Å². The summed E-state index contributed by atoms with van der Waals surface area (Å²) in [4.78, 5) is 2.47. The Morgan fingerprint density at radius 2 is 0.960 bits per heavy atom. The third-order valence-electron chi connectivity index (χ3n) is 10.1. The van der Waals surface area contributed by atoms with Crippen molar-refractivity contribution in [2.24, 2.45) is 0 Å². The zero-order chi connectivity index (χ0) is 33.0. The monoisotopic (exact) mass is 636 g/mol. The zero-order valence-electron chi connectivity index (χ0n) is 27.4. The van der Waals surface area contributed by atoms with Crippen LogP contribution in [0, 0.1) is 0 Å². The van der Waals surface area contributed by atoms with Crippen molar-refractivity contribution in [3.8, 4) is 16.8 Å². The minimum atomic E-state index is 1.10. The van der Waals surface area contributed by atoms with Gasteiger partial charge in [0.25, 0.3) is 0 Å². The van der Waals surface area contributed by atoms with Gasteiger partial charge in [0.05, 0.1) is 16.7 Å². The maximum atomic E-state index is 2.47. The van der Waals surface area contributed by atoms with Crippen molar-refractivity contribution in [2.75, 3.05) is 4.90 Å². The summed E-state index contributed by atoms with van der Waals surface area (Å²) in [6.07, 6.45) is 0. The summed E-state index contributed by atoms with van der Waals surface area (Å²) in [7, 11) is 0. The van der Waals surface area contributed by atoms with Gasteiger partial charge in [-0.3, -0.25) is 0 Å². The van der Waals surface area contributed by atoms with Crippen LogP contribution in [0.25, 0.3) is 70.9 Å². The highest BCUT2D eigenvalue weighted by Gasteiger charge is 2.21. The second kappa shape index (κ2) is 11.5. The van der Waals surface area contributed by atoms with E-state index >= 15 is 0 Å². The number of para-hydroxylation sites is 2. The SMILES string of the molecule is c1ccc(-c2cccc(N(c3ccc4c5ccccc5n(-c5ccccc5)c4c3)c3cc4ccccc4c4ccc5ccccc5c34)c2)cc1. The van der Waals surface area contributed by atoms with Crippen LogP contribution in [-0.4, -0.2) is 4.57 Å². The number of aromatic nitrogens is 1. The topological polar surface area (TPSA) is 8.17 Å². The molecule has 0 N–H and O–H groups in total. The Morgan fingerprint density at radius 3 is 1.80 bits per heavy atom. The Hall–Kier alpha value is -6.64. The Kier molecular flexibility index (Phi) is 6.53. The van der Waals surface area contributed by atoms with Crippen LogP contribution in [0.5, 0.6) is 0 Å². The van der Waals surface area contributed by atoms with Crippen molar-refractivity contribution in [3.05, 3.63) is 194 Å². The van der Waals surface area contributed by atoms with Crippen LogP contribution in [0.2, 0.25) is 0 Å². The maximum Gasteiger partial charge on any atom is 0.0561 e. The van der Waals surface area contributed by atoms with Gasteiger partial charge in [0.2, 0.25) is 0 Å². The molecule has 0 aliphatic rings. The van der Waals surface area contributed by atoms with E-state index in [0.717, 1.165) is 22.7 Å². The fourth-order valence-electron chi connectivity index (χ4n) is 7.87. The fourth-order valence-corrected chi connectivity index (χ4v) is 7.87. The lowest BCUT2D eigenvalue weighted by atomic mass is 9.94. The standard InChI is InChI=1S/C48H32N2/c1-3-14-33(15-4-1)35-18-13-21-38(30-35)49(47-31-36-17-8-9-22-40(36)44-28-26-34-16-7-10-23-41(34)48(44)47)39-27-29-43-42-24-11-12-25-45(42)50(46(43)32-39)37-19-5-2-6-20-37/h1-32H. The molecule has 9 aromatic carbocycles. The first kappa shape index (κ1) is 28.4. The number of hydrogen-bond donors (Lipinski definition) is 0. The van der Waals surface area contributed by atoms with E-state index < -0.39 is 0 Å². The van der Waals surface area contributed by atoms with E-state index in [9.17, 15) is 0 Å². The molecule has 0 unspecified atom stereocenters. The van der Waals surface area contributed by atoms with Crippen LogP contribution >= 0.6 is 0 Å². The van der Waals surface area contributed by atoms with E-state index in [1.54, 1.807) is 0 Å². The first-order chi connectivity index (χ1) is 24.8. The maximum absolute atomic E-state index is 2.47. The lowest BCUT2D eigenvalue weighted by molar-refractivity contribution is 1.18. The van der Waals surface area contributed by atoms with Crippen molar-refractivity contribution >= 4 is 71.2 Å². The molecule has 0 amide bonds. The molecule has 0 atom stereocenters. The highest BCUT2D eigenvalue weighted by atomic mass is 15.1. The normalized spacial score (nSPS) is 11.6. The van der Waals surface area contributed by atoms with E-state index in [4.69, 9.17) is 0 Å². The molecule has 10 aromatic rings. The van der Waals surface area contributed by atoms with Gasteiger partial charge in [-0.05, 0) is 86.6 Å². The van der Waals surface area contributed by atoms with Gasteiger partial charge in [0, 0.05) is 33.2 Å². The van der Waals surface area contributed by atoms with Crippen LogP contribution in [-0.2, 0) is 0 Å². The number of hydrogen-bond acceptors (Lipinski definition) is 1. The molecule has 234 valence electrons. The number of benzene rings is 9. The molecule has 0 spiro atoms. The van der Waals surface area contributed by atoms with Gasteiger partial charge >= 0.3 is 0 Å². The lowest BCUT2D eigenvalue weighted by Gasteiger charge is -2.29. The molecule has 0 bridgehead atoms. The quantitative estimate of drug-likeness (QED) is 0.171. The molecular weight excluding hydrogens is 605 g/mol. The van der Waals surface area contributed by atoms with Gasteiger partial charge < -0.3 is 9.47 Å². The predicted octanol–water partition coefficient (Wildman–Crippen LogP) is 13.4. The highest BCUT2D eigenvalue weighted by molar-refractivity contribution is 6.24. The van der Waals surface area contributed by atoms with Crippen LogP contribution in [0.15, 0.2) is 194 Å². The molecular formula is C48H32N2. The van der Waals surface area contributed by atoms with E-state index in [0.29, 0.717) is 0 Å². The molecule has 2 nitrogen and oxygen atoms in total. The highest BCUT2D eigenvalue weighted by Crippen LogP contribution is 2.46. The van der Waals surface area contributed by atoms with E-state index in [1.807, 2.05) is 0 Å². The number of nitrogens with zero attached hydrogens (tertiary/aromatic N) is 2. The lowest BCUT2D eigenvalue weighted by Crippen LogP contribution is -2.11. The summed E-state index contributed by atoms with van der Waals surface area (Å²) in [5.41, 5.74) is 9.27. The molecule has 1 aromatic heterocycles. The molecule has 0 fully saturated rings. The molecule has 10 rings (SSSR count). The molecule has 0 saturated heterocycles. The molecule has 0 aliphatic heterocycles.